The van der Waals surface area contributed by atoms with E-state index < -0.39 is 0 Å². The van der Waals surface area contributed by atoms with Gasteiger partial charge in [-0.1, -0.05) is 0 Å². The Balaban J connectivity index is 0.00000312. The maximum Gasteiger partial charge on any atom is 0.223 e. The molecule has 1 saturated carbocycles. The third-order valence-corrected chi connectivity index (χ3v) is 4.46. The van der Waals surface area contributed by atoms with Gasteiger partial charge in [-0.15, -0.1) is 24.0 Å². The Bertz CT molecular complexity index is 411. The minimum Gasteiger partial charge on any atom is -0.385 e. The first kappa shape index (κ1) is 22.4. The van der Waals surface area contributed by atoms with E-state index in [0.29, 0.717) is 19.2 Å². The summed E-state index contributed by atoms with van der Waals surface area (Å²) in [7, 11) is 3.52. The van der Waals surface area contributed by atoms with E-state index in [-0.39, 0.29) is 35.8 Å². The minimum absolute atomic E-state index is 0. The molecule has 0 spiro atoms. The number of rotatable bonds is 9. The Kier molecular flexibility index (Phi) is 11.4. The predicted octanol–water partition coefficient (Wildman–Crippen LogP) is 1.22. The van der Waals surface area contributed by atoms with Crippen LogP contribution >= 0.6 is 24.0 Å². The summed E-state index contributed by atoms with van der Waals surface area (Å²) in [6.07, 6.45) is 5.42. The van der Waals surface area contributed by atoms with Crippen molar-refractivity contribution >= 4 is 35.8 Å². The summed E-state index contributed by atoms with van der Waals surface area (Å²) < 4.78 is 10.9. The molecule has 1 heterocycles. The quantitative estimate of drug-likeness (QED) is 0.231. The zero-order chi connectivity index (χ0) is 17.2. The summed E-state index contributed by atoms with van der Waals surface area (Å²) in [4.78, 5) is 18.2. The molecule has 0 unspecified atom stereocenters. The molecule has 2 aliphatic rings. The number of methoxy groups -OCH3 is 1. The summed E-state index contributed by atoms with van der Waals surface area (Å²) in [5.74, 6) is 1.37. The molecule has 25 heavy (non-hydrogen) atoms. The Morgan fingerprint density at radius 1 is 1.12 bits per heavy atom. The van der Waals surface area contributed by atoms with E-state index in [1.165, 1.54) is 0 Å². The number of hydrogen-bond donors (Lipinski definition) is 2. The van der Waals surface area contributed by atoms with Crippen molar-refractivity contribution in [2.45, 2.75) is 38.2 Å². The lowest BCUT2D eigenvalue weighted by Gasteiger charge is -2.34. The van der Waals surface area contributed by atoms with Crippen molar-refractivity contribution in [2.24, 2.45) is 10.9 Å². The third kappa shape index (κ3) is 8.54. The van der Waals surface area contributed by atoms with Gasteiger partial charge in [0.05, 0.1) is 6.10 Å². The molecule has 0 aromatic rings. The summed E-state index contributed by atoms with van der Waals surface area (Å²) in [6, 6.07) is 0. The van der Waals surface area contributed by atoms with Crippen LogP contribution in [0, 0.1) is 5.92 Å². The van der Waals surface area contributed by atoms with Crippen LogP contribution in [-0.4, -0.2) is 76.4 Å². The first-order valence-corrected chi connectivity index (χ1v) is 9.08. The minimum atomic E-state index is 0. The first-order chi connectivity index (χ1) is 11.7. The highest BCUT2D eigenvalue weighted by atomic mass is 127. The van der Waals surface area contributed by atoms with E-state index in [4.69, 9.17) is 9.47 Å². The van der Waals surface area contributed by atoms with Crippen molar-refractivity contribution in [2.75, 3.05) is 53.6 Å². The molecule has 2 N–H and O–H groups in total. The number of nitrogens with zero attached hydrogens (tertiary/aromatic N) is 2. The molecule has 1 aliphatic heterocycles. The average molecular weight is 468 g/mol. The molecule has 0 bridgehead atoms. The summed E-state index contributed by atoms with van der Waals surface area (Å²) in [5.41, 5.74) is 0. The van der Waals surface area contributed by atoms with Crippen molar-refractivity contribution in [3.8, 4) is 0 Å². The molecule has 1 amide bonds. The number of aliphatic imine (C=N–C) groups is 1. The molecule has 1 saturated heterocycles. The molecule has 0 aromatic carbocycles. The van der Waals surface area contributed by atoms with Crippen LogP contribution in [0.3, 0.4) is 0 Å². The van der Waals surface area contributed by atoms with Gasteiger partial charge in [-0.05, 0) is 32.1 Å². The lowest BCUT2D eigenvalue weighted by atomic mass is 10.1. The van der Waals surface area contributed by atoms with E-state index >= 15 is 0 Å². The molecule has 7 nitrogen and oxygen atoms in total. The van der Waals surface area contributed by atoms with Crippen LogP contribution in [0.15, 0.2) is 4.99 Å². The number of hydrogen-bond acceptors (Lipinski definition) is 4. The van der Waals surface area contributed by atoms with E-state index in [9.17, 15) is 4.79 Å². The fraction of sp³-hybridized carbons (Fsp3) is 0.882. The molecule has 0 atom stereocenters. The maximum atomic E-state index is 11.6. The number of piperidine rings is 1. The predicted molar refractivity (Wildman–Crippen MR) is 110 cm³/mol. The lowest BCUT2D eigenvalue weighted by Crippen LogP contribution is -2.48. The largest absolute Gasteiger partial charge is 0.385 e. The van der Waals surface area contributed by atoms with Gasteiger partial charge in [-0.3, -0.25) is 9.79 Å². The second-order valence-electron chi connectivity index (χ2n) is 6.44. The summed E-state index contributed by atoms with van der Waals surface area (Å²) >= 11 is 0. The molecule has 146 valence electrons. The zero-order valence-electron chi connectivity index (χ0n) is 15.5. The van der Waals surface area contributed by atoms with Crippen molar-refractivity contribution in [1.82, 2.24) is 15.5 Å². The van der Waals surface area contributed by atoms with Gasteiger partial charge in [-0.25, -0.2) is 0 Å². The fourth-order valence-electron chi connectivity index (χ4n) is 2.87. The second kappa shape index (κ2) is 12.7. The Morgan fingerprint density at radius 3 is 2.40 bits per heavy atom. The number of guanidine groups is 1. The topological polar surface area (TPSA) is 75.2 Å². The van der Waals surface area contributed by atoms with E-state index in [1.807, 2.05) is 0 Å². The van der Waals surface area contributed by atoms with Crippen molar-refractivity contribution in [3.63, 3.8) is 0 Å². The van der Waals surface area contributed by atoms with Gasteiger partial charge in [0.2, 0.25) is 5.91 Å². The number of nitrogens with one attached hydrogen (secondary N) is 2. The summed E-state index contributed by atoms with van der Waals surface area (Å²) in [6.45, 7) is 4.77. The van der Waals surface area contributed by atoms with E-state index in [0.717, 1.165) is 64.4 Å². The smallest absolute Gasteiger partial charge is 0.223 e. The van der Waals surface area contributed by atoms with Gasteiger partial charge < -0.3 is 25.0 Å². The molecule has 2 fully saturated rings. The molecule has 0 aromatic heterocycles. The number of carbonyl (C=O) groups is 1. The first-order valence-electron chi connectivity index (χ1n) is 9.08. The van der Waals surface area contributed by atoms with Crippen LogP contribution < -0.4 is 10.6 Å². The van der Waals surface area contributed by atoms with Gasteiger partial charge >= 0.3 is 0 Å². The molecular formula is C17H33IN4O3. The molecule has 8 heteroatoms. The average Bonchev–Trinajstić information content (AvgIpc) is 3.45. The normalized spacial score (nSPS) is 18.6. The fourth-order valence-corrected chi connectivity index (χ4v) is 2.87. The number of amides is 1. The number of halogens is 1. The molecule has 2 rings (SSSR count). The Hall–Kier alpha value is -0.610. The molecular weight excluding hydrogens is 435 g/mol. The van der Waals surface area contributed by atoms with Crippen LogP contribution in [0.2, 0.25) is 0 Å². The van der Waals surface area contributed by atoms with Crippen LogP contribution in [-0.2, 0) is 14.3 Å². The van der Waals surface area contributed by atoms with Gasteiger partial charge in [0.25, 0.3) is 0 Å². The van der Waals surface area contributed by atoms with Gasteiger partial charge in [-0.2, -0.15) is 0 Å². The van der Waals surface area contributed by atoms with Gasteiger partial charge in [0, 0.05) is 59.5 Å². The number of ether oxygens (including phenoxy) is 2. The van der Waals surface area contributed by atoms with Crippen molar-refractivity contribution in [3.05, 3.63) is 0 Å². The van der Waals surface area contributed by atoms with Gasteiger partial charge in [0.15, 0.2) is 5.96 Å². The third-order valence-electron chi connectivity index (χ3n) is 4.46. The monoisotopic (exact) mass is 468 g/mol. The Morgan fingerprint density at radius 2 is 1.80 bits per heavy atom. The Labute approximate surface area is 168 Å². The highest BCUT2D eigenvalue weighted by Gasteiger charge is 2.29. The lowest BCUT2D eigenvalue weighted by molar-refractivity contribution is -0.122. The second-order valence-corrected chi connectivity index (χ2v) is 6.44. The van der Waals surface area contributed by atoms with Crippen LogP contribution in [0.5, 0.6) is 0 Å². The highest BCUT2D eigenvalue weighted by Crippen LogP contribution is 2.28. The van der Waals surface area contributed by atoms with Crippen molar-refractivity contribution in [1.29, 1.82) is 0 Å². The number of carbonyl (C=O) groups excluding carboxylic acids is 1. The SMILES string of the molecule is CN=C(NCCNC(=O)C1CC1)N1CCC(OCCCOC)CC1.I. The van der Waals surface area contributed by atoms with E-state index in [2.05, 4.69) is 20.5 Å². The number of likely N-dealkylation sites (tertiary alicyclic amines) is 1. The van der Waals surface area contributed by atoms with Gasteiger partial charge in [0.1, 0.15) is 0 Å². The maximum absolute atomic E-state index is 11.6. The summed E-state index contributed by atoms with van der Waals surface area (Å²) in [5, 5.41) is 6.29. The van der Waals surface area contributed by atoms with Crippen LogP contribution in [0.25, 0.3) is 0 Å². The molecule has 1 aliphatic carbocycles. The standard InChI is InChI=1S/C17H32N4O3.HI/c1-18-17(20-9-8-19-16(22)14-4-5-14)21-10-6-15(7-11-21)24-13-3-12-23-2;/h14-15H,3-13H2,1-2H3,(H,18,20)(H,19,22);1H. The zero-order valence-corrected chi connectivity index (χ0v) is 17.8. The highest BCUT2D eigenvalue weighted by molar-refractivity contribution is 14.0. The van der Waals surface area contributed by atoms with Crippen LogP contribution in [0.1, 0.15) is 32.1 Å². The van der Waals surface area contributed by atoms with Crippen molar-refractivity contribution < 1.29 is 14.3 Å². The molecule has 0 radical (unpaired) electrons. The van der Waals surface area contributed by atoms with Crippen LogP contribution in [0.4, 0.5) is 0 Å². The van der Waals surface area contributed by atoms with E-state index in [1.54, 1.807) is 14.2 Å².